The number of methoxy groups -OCH3 is 1. The first-order valence-electron chi connectivity index (χ1n) is 8.35. The largest absolute Gasteiger partial charge is 0.496 e. The van der Waals surface area contributed by atoms with Crippen molar-refractivity contribution in [2.45, 2.75) is 32.3 Å². The maximum atomic E-state index is 12.9. The van der Waals surface area contributed by atoms with Crippen LogP contribution in [0.2, 0.25) is 0 Å². The van der Waals surface area contributed by atoms with Crippen LogP contribution in [0.25, 0.3) is 0 Å². The predicted molar refractivity (Wildman–Crippen MR) is 89.1 cm³/mol. The first-order chi connectivity index (χ1) is 11.7. The van der Waals surface area contributed by atoms with Crippen molar-refractivity contribution in [2.75, 3.05) is 33.4 Å². The summed E-state index contributed by atoms with van der Waals surface area (Å²) in [7, 11) is 1.54. The summed E-state index contributed by atoms with van der Waals surface area (Å²) in [5.41, 5.74) is 0.488. The maximum absolute atomic E-state index is 12.9. The molecule has 1 unspecified atom stereocenters. The molecule has 6 nitrogen and oxygen atoms in total. The highest BCUT2D eigenvalue weighted by Gasteiger charge is 2.25. The van der Waals surface area contributed by atoms with Crippen LogP contribution in [0.4, 0.5) is 0 Å². The third-order valence-electron chi connectivity index (χ3n) is 3.96. The third kappa shape index (κ3) is 4.96. The number of hydrogen-bond acceptors (Lipinski definition) is 5. The Labute approximate surface area is 142 Å². The first kappa shape index (κ1) is 18.3. The Kier molecular flexibility index (Phi) is 7.06. The van der Waals surface area contributed by atoms with Gasteiger partial charge < -0.3 is 19.1 Å². The molecule has 1 aromatic carbocycles. The molecule has 0 saturated carbocycles. The molecular weight excluding hydrogens is 310 g/mol. The second-order valence-corrected chi connectivity index (χ2v) is 5.64. The molecule has 1 heterocycles. The van der Waals surface area contributed by atoms with Crippen molar-refractivity contribution in [1.82, 2.24) is 4.90 Å². The molecule has 1 aliphatic rings. The predicted octanol–water partition coefficient (Wildman–Crippen LogP) is 2.27. The molecule has 0 N–H and O–H groups in total. The van der Waals surface area contributed by atoms with Gasteiger partial charge in [-0.25, -0.2) is 0 Å². The van der Waals surface area contributed by atoms with E-state index < -0.39 is 0 Å². The molecule has 1 amide bonds. The van der Waals surface area contributed by atoms with Gasteiger partial charge in [0.05, 0.1) is 31.8 Å². The average molecular weight is 335 g/mol. The summed E-state index contributed by atoms with van der Waals surface area (Å²) in [6.07, 6.45) is 2.11. The fraction of sp³-hybridized carbons (Fsp3) is 0.556. The minimum atomic E-state index is -0.303. The highest BCUT2D eigenvalue weighted by molar-refractivity contribution is 5.97. The van der Waals surface area contributed by atoms with Crippen molar-refractivity contribution in [1.29, 1.82) is 0 Å². The molecule has 1 fully saturated rings. The van der Waals surface area contributed by atoms with Crippen LogP contribution in [0.1, 0.15) is 36.5 Å². The van der Waals surface area contributed by atoms with Gasteiger partial charge >= 0.3 is 5.97 Å². The Morgan fingerprint density at radius 2 is 2.12 bits per heavy atom. The van der Waals surface area contributed by atoms with Crippen molar-refractivity contribution in [3.05, 3.63) is 29.8 Å². The Hall–Kier alpha value is -2.08. The molecule has 2 rings (SSSR count). The van der Waals surface area contributed by atoms with Crippen LogP contribution in [-0.4, -0.2) is 56.3 Å². The molecule has 1 aliphatic heterocycles. The number of esters is 1. The summed E-state index contributed by atoms with van der Waals surface area (Å²) in [5.74, 6) is 0.0610. The standard InChI is InChI=1S/C18H25NO5/c1-3-23-17(20)10-11-19(13-14-7-6-12-24-14)18(21)15-8-4-5-9-16(15)22-2/h4-5,8-9,14H,3,6-7,10-13H2,1-2H3. The van der Waals surface area contributed by atoms with Crippen molar-refractivity contribution >= 4 is 11.9 Å². The molecular formula is C18H25NO5. The molecule has 1 saturated heterocycles. The number of benzene rings is 1. The molecule has 0 aliphatic carbocycles. The van der Waals surface area contributed by atoms with Crippen molar-refractivity contribution in [2.24, 2.45) is 0 Å². The second kappa shape index (κ2) is 9.27. The summed E-state index contributed by atoms with van der Waals surface area (Å²) in [6, 6.07) is 7.10. The van der Waals surface area contributed by atoms with Gasteiger partial charge in [0.2, 0.25) is 0 Å². The van der Waals surface area contributed by atoms with Crippen LogP contribution in [0, 0.1) is 0 Å². The van der Waals surface area contributed by atoms with Crippen LogP contribution in [0.15, 0.2) is 24.3 Å². The van der Waals surface area contributed by atoms with E-state index in [1.54, 1.807) is 30.0 Å². The Morgan fingerprint density at radius 1 is 1.33 bits per heavy atom. The van der Waals surface area contributed by atoms with Gasteiger partial charge in [-0.1, -0.05) is 12.1 Å². The molecule has 132 valence electrons. The van der Waals surface area contributed by atoms with Gasteiger partial charge in [-0.05, 0) is 31.9 Å². The minimum Gasteiger partial charge on any atom is -0.496 e. The number of nitrogens with zero attached hydrogens (tertiary/aromatic N) is 1. The smallest absolute Gasteiger partial charge is 0.307 e. The lowest BCUT2D eigenvalue weighted by Gasteiger charge is -2.26. The quantitative estimate of drug-likeness (QED) is 0.682. The fourth-order valence-corrected chi connectivity index (χ4v) is 2.76. The van der Waals surface area contributed by atoms with E-state index in [4.69, 9.17) is 14.2 Å². The van der Waals surface area contributed by atoms with Gasteiger partial charge in [0.25, 0.3) is 5.91 Å². The average Bonchev–Trinajstić information content (AvgIpc) is 3.11. The minimum absolute atomic E-state index is 0.0193. The summed E-state index contributed by atoms with van der Waals surface area (Å²) < 4.78 is 15.9. The first-order valence-corrected chi connectivity index (χ1v) is 8.35. The summed E-state index contributed by atoms with van der Waals surface area (Å²) in [5, 5.41) is 0. The van der Waals surface area contributed by atoms with E-state index >= 15 is 0 Å². The molecule has 6 heteroatoms. The number of para-hydroxylation sites is 1. The maximum Gasteiger partial charge on any atom is 0.307 e. The summed E-state index contributed by atoms with van der Waals surface area (Å²) in [4.78, 5) is 26.2. The number of hydrogen-bond donors (Lipinski definition) is 0. The van der Waals surface area contributed by atoms with E-state index in [1.165, 1.54) is 7.11 Å². The van der Waals surface area contributed by atoms with Crippen LogP contribution in [0.3, 0.4) is 0 Å². The zero-order valence-electron chi connectivity index (χ0n) is 14.3. The second-order valence-electron chi connectivity index (χ2n) is 5.64. The van der Waals surface area contributed by atoms with Gasteiger partial charge in [-0.15, -0.1) is 0 Å². The van der Waals surface area contributed by atoms with Gasteiger partial charge in [0.15, 0.2) is 0 Å². The Bertz CT molecular complexity index is 554. The molecule has 0 radical (unpaired) electrons. The van der Waals surface area contributed by atoms with Gasteiger partial charge in [-0.3, -0.25) is 9.59 Å². The lowest BCUT2D eigenvalue weighted by molar-refractivity contribution is -0.143. The lowest BCUT2D eigenvalue weighted by atomic mass is 10.1. The van der Waals surface area contributed by atoms with Crippen LogP contribution >= 0.6 is 0 Å². The van der Waals surface area contributed by atoms with E-state index in [0.29, 0.717) is 31.0 Å². The van der Waals surface area contributed by atoms with E-state index in [0.717, 1.165) is 19.4 Å². The highest BCUT2D eigenvalue weighted by atomic mass is 16.5. The number of carbonyl (C=O) groups is 2. The van der Waals surface area contributed by atoms with Crippen molar-refractivity contribution in [3.63, 3.8) is 0 Å². The SMILES string of the molecule is CCOC(=O)CCN(CC1CCCO1)C(=O)c1ccccc1OC. The fourth-order valence-electron chi connectivity index (χ4n) is 2.76. The zero-order valence-corrected chi connectivity index (χ0v) is 14.3. The molecule has 1 aromatic rings. The van der Waals surface area contributed by atoms with E-state index in [1.807, 2.05) is 6.07 Å². The van der Waals surface area contributed by atoms with E-state index in [-0.39, 0.29) is 24.4 Å². The zero-order chi connectivity index (χ0) is 17.4. The van der Waals surface area contributed by atoms with Crippen LogP contribution in [-0.2, 0) is 14.3 Å². The molecule has 0 bridgehead atoms. The molecule has 0 aromatic heterocycles. The van der Waals surface area contributed by atoms with Crippen LogP contribution < -0.4 is 4.74 Å². The lowest BCUT2D eigenvalue weighted by Crippen LogP contribution is -2.39. The number of ether oxygens (including phenoxy) is 3. The molecule has 0 spiro atoms. The summed E-state index contributed by atoms with van der Waals surface area (Å²) >= 11 is 0. The van der Waals surface area contributed by atoms with Crippen LogP contribution in [0.5, 0.6) is 5.75 Å². The Morgan fingerprint density at radius 3 is 2.79 bits per heavy atom. The third-order valence-corrected chi connectivity index (χ3v) is 3.96. The van der Waals surface area contributed by atoms with Crippen molar-refractivity contribution < 1.29 is 23.8 Å². The van der Waals surface area contributed by atoms with Gasteiger partial charge in [0.1, 0.15) is 5.75 Å². The van der Waals surface area contributed by atoms with Gasteiger partial charge in [-0.2, -0.15) is 0 Å². The molecule has 24 heavy (non-hydrogen) atoms. The van der Waals surface area contributed by atoms with Gasteiger partial charge in [0, 0.05) is 19.7 Å². The molecule has 1 atom stereocenters. The normalized spacial score (nSPS) is 16.7. The van der Waals surface area contributed by atoms with E-state index in [9.17, 15) is 9.59 Å². The van der Waals surface area contributed by atoms with E-state index in [2.05, 4.69) is 0 Å². The number of rotatable bonds is 8. The monoisotopic (exact) mass is 335 g/mol. The summed E-state index contributed by atoms with van der Waals surface area (Å²) in [6.45, 7) is 3.60. The topological polar surface area (TPSA) is 65.1 Å². The number of carbonyl (C=O) groups excluding carboxylic acids is 2. The highest BCUT2D eigenvalue weighted by Crippen LogP contribution is 2.21. The number of amides is 1. The van der Waals surface area contributed by atoms with Crippen molar-refractivity contribution in [3.8, 4) is 5.75 Å². The Balaban J connectivity index is 2.10.